The number of benzene rings is 1. The average Bonchev–Trinajstić information content (AvgIpc) is 2.81. The topological polar surface area (TPSA) is 59.6 Å². The highest BCUT2D eigenvalue weighted by molar-refractivity contribution is 9.10. The third-order valence-electron chi connectivity index (χ3n) is 2.98. The Hall–Kier alpha value is -1.18. The SMILES string of the molecule is Cc1cc(F)c(Br)cc1NC(=O)NCC1(C)OCCO1. The van der Waals surface area contributed by atoms with Crippen molar-refractivity contribution in [1.29, 1.82) is 0 Å². The van der Waals surface area contributed by atoms with E-state index in [4.69, 9.17) is 9.47 Å². The van der Waals surface area contributed by atoms with Crippen LogP contribution in [0.4, 0.5) is 14.9 Å². The van der Waals surface area contributed by atoms with Crippen LogP contribution in [0.25, 0.3) is 0 Å². The van der Waals surface area contributed by atoms with E-state index in [1.54, 1.807) is 13.8 Å². The number of rotatable bonds is 3. The van der Waals surface area contributed by atoms with E-state index >= 15 is 0 Å². The third-order valence-corrected chi connectivity index (χ3v) is 3.59. The van der Waals surface area contributed by atoms with Gasteiger partial charge in [-0.1, -0.05) is 0 Å². The Bertz CT molecular complexity index is 519. The second-order valence-electron chi connectivity index (χ2n) is 4.72. The summed E-state index contributed by atoms with van der Waals surface area (Å²) in [5, 5.41) is 5.33. The fraction of sp³-hybridized carbons (Fsp3) is 0.462. The highest BCUT2D eigenvalue weighted by atomic mass is 79.9. The van der Waals surface area contributed by atoms with E-state index in [9.17, 15) is 9.18 Å². The van der Waals surface area contributed by atoms with E-state index in [1.807, 2.05) is 0 Å². The van der Waals surface area contributed by atoms with Crippen LogP contribution in [0.2, 0.25) is 0 Å². The molecule has 1 aliphatic rings. The number of halogens is 2. The van der Waals surface area contributed by atoms with Gasteiger partial charge in [-0.3, -0.25) is 0 Å². The second kappa shape index (κ2) is 6.07. The molecule has 1 saturated heterocycles. The molecule has 1 aromatic carbocycles. The molecule has 2 amide bonds. The number of carbonyl (C=O) groups is 1. The lowest BCUT2D eigenvalue weighted by Gasteiger charge is -2.22. The fourth-order valence-corrected chi connectivity index (χ4v) is 2.19. The molecule has 2 N–H and O–H groups in total. The minimum Gasteiger partial charge on any atom is -0.346 e. The molecule has 1 fully saturated rings. The van der Waals surface area contributed by atoms with Crippen molar-refractivity contribution in [3.63, 3.8) is 0 Å². The van der Waals surface area contributed by atoms with Gasteiger partial charge >= 0.3 is 6.03 Å². The van der Waals surface area contributed by atoms with Gasteiger partial charge in [0.05, 0.1) is 24.2 Å². The van der Waals surface area contributed by atoms with Gasteiger partial charge in [0.15, 0.2) is 5.79 Å². The van der Waals surface area contributed by atoms with Gasteiger partial charge in [-0.25, -0.2) is 9.18 Å². The average molecular weight is 347 g/mol. The van der Waals surface area contributed by atoms with E-state index in [0.29, 0.717) is 28.9 Å². The summed E-state index contributed by atoms with van der Waals surface area (Å²) < 4.78 is 24.3. The Morgan fingerprint density at radius 1 is 1.45 bits per heavy atom. The number of urea groups is 1. The summed E-state index contributed by atoms with van der Waals surface area (Å²) in [6.07, 6.45) is 0. The van der Waals surface area contributed by atoms with Crippen LogP contribution >= 0.6 is 15.9 Å². The maximum Gasteiger partial charge on any atom is 0.319 e. The first kappa shape index (κ1) is 15.2. The smallest absolute Gasteiger partial charge is 0.319 e. The minimum atomic E-state index is -0.782. The van der Waals surface area contributed by atoms with E-state index in [2.05, 4.69) is 26.6 Å². The van der Waals surface area contributed by atoms with Crippen LogP contribution in [0.1, 0.15) is 12.5 Å². The fourth-order valence-electron chi connectivity index (χ4n) is 1.85. The van der Waals surface area contributed by atoms with Gasteiger partial charge in [0.2, 0.25) is 0 Å². The van der Waals surface area contributed by atoms with Crippen LogP contribution in [-0.4, -0.2) is 31.6 Å². The molecule has 20 heavy (non-hydrogen) atoms. The lowest BCUT2D eigenvalue weighted by molar-refractivity contribution is -0.136. The zero-order valence-electron chi connectivity index (χ0n) is 11.3. The highest BCUT2D eigenvalue weighted by Crippen LogP contribution is 2.24. The van der Waals surface area contributed by atoms with Gasteiger partial charge in [0.25, 0.3) is 0 Å². The van der Waals surface area contributed by atoms with E-state index in [0.717, 1.165) is 0 Å². The number of ether oxygens (including phenoxy) is 2. The summed E-state index contributed by atoms with van der Waals surface area (Å²) in [6, 6.07) is 2.48. The maximum atomic E-state index is 13.3. The number of hydrogen-bond acceptors (Lipinski definition) is 3. The van der Waals surface area contributed by atoms with Crippen molar-refractivity contribution < 1.29 is 18.7 Å². The normalized spacial score (nSPS) is 17.0. The molecule has 0 saturated carbocycles. The third kappa shape index (κ3) is 3.68. The Balaban J connectivity index is 1.93. The number of hydrogen-bond donors (Lipinski definition) is 2. The highest BCUT2D eigenvalue weighted by Gasteiger charge is 2.31. The Morgan fingerprint density at radius 3 is 2.75 bits per heavy atom. The van der Waals surface area contributed by atoms with Crippen LogP contribution in [-0.2, 0) is 9.47 Å². The quantitative estimate of drug-likeness (QED) is 0.884. The maximum absolute atomic E-state index is 13.3. The van der Waals surface area contributed by atoms with E-state index in [1.165, 1.54) is 12.1 Å². The number of anilines is 1. The zero-order valence-corrected chi connectivity index (χ0v) is 12.8. The molecular formula is C13H16BrFN2O3. The minimum absolute atomic E-state index is 0.236. The van der Waals surface area contributed by atoms with Gasteiger partial charge in [0, 0.05) is 5.69 Å². The van der Waals surface area contributed by atoms with Gasteiger partial charge in [0.1, 0.15) is 5.82 Å². The Labute approximate surface area is 125 Å². The Morgan fingerprint density at radius 2 is 2.10 bits per heavy atom. The van der Waals surface area contributed by atoms with Crippen LogP contribution in [0.5, 0.6) is 0 Å². The molecule has 0 unspecified atom stereocenters. The van der Waals surface area contributed by atoms with Gasteiger partial charge in [-0.2, -0.15) is 0 Å². The molecule has 0 bridgehead atoms. The van der Waals surface area contributed by atoms with Crippen molar-refractivity contribution in [2.24, 2.45) is 0 Å². The Kier molecular flexibility index (Phi) is 4.62. The second-order valence-corrected chi connectivity index (χ2v) is 5.57. The summed E-state index contributed by atoms with van der Waals surface area (Å²) in [7, 11) is 0. The van der Waals surface area contributed by atoms with E-state index < -0.39 is 11.8 Å². The van der Waals surface area contributed by atoms with Crippen molar-refractivity contribution in [2.75, 3.05) is 25.1 Å². The van der Waals surface area contributed by atoms with Gasteiger partial charge in [-0.15, -0.1) is 0 Å². The predicted molar refractivity (Wildman–Crippen MR) is 76.2 cm³/mol. The first-order chi connectivity index (χ1) is 9.39. The summed E-state index contributed by atoms with van der Waals surface area (Å²) in [4.78, 5) is 11.8. The summed E-state index contributed by atoms with van der Waals surface area (Å²) in [5.41, 5.74) is 1.18. The van der Waals surface area contributed by atoms with Crippen LogP contribution < -0.4 is 10.6 Å². The van der Waals surface area contributed by atoms with E-state index in [-0.39, 0.29) is 12.4 Å². The molecule has 5 nitrogen and oxygen atoms in total. The van der Waals surface area contributed by atoms with Crippen molar-refractivity contribution in [1.82, 2.24) is 5.32 Å². The molecule has 7 heteroatoms. The molecule has 0 spiro atoms. The molecule has 1 heterocycles. The zero-order chi connectivity index (χ0) is 14.8. The molecule has 1 aromatic rings. The first-order valence-corrected chi connectivity index (χ1v) is 6.97. The molecule has 0 aromatic heterocycles. The van der Waals surface area contributed by atoms with Gasteiger partial charge < -0.3 is 20.1 Å². The molecule has 2 rings (SSSR count). The molecule has 0 radical (unpaired) electrons. The van der Waals surface area contributed by atoms with Crippen molar-refractivity contribution >= 4 is 27.6 Å². The van der Waals surface area contributed by atoms with Crippen molar-refractivity contribution in [3.05, 3.63) is 28.0 Å². The summed E-state index contributed by atoms with van der Waals surface area (Å²) >= 11 is 3.08. The molecule has 1 aliphatic heterocycles. The lowest BCUT2D eigenvalue weighted by Crippen LogP contribution is -2.43. The van der Waals surface area contributed by atoms with Gasteiger partial charge in [-0.05, 0) is 47.5 Å². The van der Waals surface area contributed by atoms with Crippen LogP contribution in [0.3, 0.4) is 0 Å². The lowest BCUT2D eigenvalue weighted by atomic mass is 10.2. The summed E-state index contributed by atoms with van der Waals surface area (Å²) in [6.45, 7) is 4.75. The predicted octanol–water partition coefficient (Wildman–Crippen LogP) is 2.78. The van der Waals surface area contributed by atoms with Crippen molar-refractivity contribution in [2.45, 2.75) is 19.6 Å². The molecular weight excluding hydrogens is 331 g/mol. The number of carbonyl (C=O) groups excluding carboxylic acids is 1. The summed E-state index contributed by atoms with van der Waals surface area (Å²) in [5.74, 6) is -1.15. The molecule has 0 atom stereocenters. The number of aryl methyl sites for hydroxylation is 1. The first-order valence-electron chi connectivity index (χ1n) is 6.18. The number of nitrogens with one attached hydrogen (secondary N) is 2. The largest absolute Gasteiger partial charge is 0.346 e. The standard InChI is InChI=1S/C13H16BrFN2O3/c1-8-5-10(15)9(14)6-11(8)17-12(18)16-7-13(2)19-3-4-20-13/h5-6H,3-4,7H2,1-2H3,(H2,16,17,18). The number of amides is 2. The molecule has 110 valence electrons. The van der Waals surface area contributed by atoms with Crippen LogP contribution in [0.15, 0.2) is 16.6 Å². The van der Waals surface area contributed by atoms with Crippen molar-refractivity contribution in [3.8, 4) is 0 Å². The van der Waals surface area contributed by atoms with Crippen LogP contribution in [0, 0.1) is 12.7 Å². The monoisotopic (exact) mass is 346 g/mol. The molecule has 0 aliphatic carbocycles.